The van der Waals surface area contributed by atoms with Crippen LogP contribution in [0.1, 0.15) is 323 Å². The molecule has 0 radical (unpaired) electrons. The van der Waals surface area contributed by atoms with Crippen molar-refractivity contribution in [1.29, 1.82) is 0 Å². The fourth-order valence-corrected chi connectivity index (χ4v) is 9.90. The summed E-state index contributed by atoms with van der Waals surface area (Å²) in [7, 11) is 28.7. The highest BCUT2D eigenvalue weighted by atomic mass is 17.5. The minimum atomic E-state index is 0.364. The Balaban J connectivity index is -0.000000211. The maximum atomic E-state index is 8.58. The second-order valence-corrected chi connectivity index (χ2v) is 29.1. The Morgan fingerprint density at radius 1 is 0.404 bits per heavy atom. The van der Waals surface area contributed by atoms with Crippen LogP contribution in [0.2, 0.25) is 0 Å². The van der Waals surface area contributed by atoms with Gasteiger partial charge in [-0.25, -0.2) is 19.7 Å². The zero-order valence-electron chi connectivity index (χ0n) is 73.2. The number of quaternary nitrogens is 1. The van der Waals surface area contributed by atoms with E-state index in [1.807, 2.05) is 38.1 Å². The van der Waals surface area contributed by atoms with Gasteiger partial charge in [0.15, 0.2) is 0 Å². The molecule has 0 aliphatic heterocycles. The van der Waals surface area contributed by atoms with Gasteiger partial charge in [0.1, 0.15) is 5.84 Å². The largest absolute Gasteiger partial charge is 0.692 e. The molecule has 2 aromatic carbocycles. The maximum Gasteiger partial charge on any atom is 0.101 e. The number of nitrogens with one attached hydrogen (secondary N) is 3. The van der Waals surface area contributed by atoms with Gasteiger partial charge in [-0.15, -0.1) is 0 Å². The van der Waals surface area contributed by atoms with E-state index in [0.717, 1.165) is 51.8 Å². The SMILES string of the molecule is CC(=Nc1ccc(C)cc1)N(C)C.CCCCCCCCCCCCN(C)C.CCCCCCCCCCCCN=C(C)N(C)C.CCCCCCCCCCCCNC(C)N(C)C.CCCCCCCCCCCC[NH+](C)C.COO[O-].COO[O-].COO[O-].Cc1ccc(NC(C)N(C)C)cc1. The summed E-state index contributed by atoms with van der Waals surface area (Å²) >= 11 is 0. The van der Waals surface area contributed by atoms with Crippen molar-refractivity contribution < 1.29 is 50.4 Å². The molecule has 0 heterocycles. The molecule has 0 fully saturated rings. The summed E-state index contributed by atoms with van der Waals surface area (Å²) in [6.07, 6.45) is 57.8. The molecule has 0 aliphatic rings. The Bertz CT molecular complexity index is 1880. The highest BCUT2D eigenvalue weighted by molar-refractivity contribution is 5.82. The van der Waals surface area contributed by atoms with E-state index in [2.05, 4.69) is 239 Å². The second kappa shape index (κ2) is 95.7. The molecule has 2 unspecified atom stereocenters. The molecule has 19 heteroatoms. The van der Waals surface area contributed by atoms with Crippen LogP contribution in [-0.4, -0.2) is 181 Å². The van der Waals surface area contributed by atoms with Crippen LogP contribution in [0.5, 0.6) is 0 Å². The van der Waals surface area contributed by atoms with Crippen LogP contribution >= 0.6 is 0 Å². The average Bonchev–Trinajstić information content (AvgIpc) is 0.920. The predicted molar refractivity (Wildman–Crippen MR) is 446 cm³/mol. The first-order valence-corrected chi connectivity index (χ1v) is 41.1. The van der Waals surface area contributed by atoms with Crippen LogP contribution < -0.4 is 31.3 Å². The van der Waals surface area contributed by atoms with Crippen molar-refractivity contribution in [1.82, 2.24) is 29.8 Å². The molecule has 0 bridgehead atoms. The maximum absolute atomic E-state index is 8.58. The van der Waals surface area contributed by atoms with Gasteiger partial charge in [-0.3, -0.25) is 29.9 Å². The van der Waals surface area contributed by atoms with Gasteiger partial charge < -0.3 is 46.0 Å². The highest BCUT2D eigenvalue weighted by Gasteiger charge is 2.04. The second-order valence-electron chi connectivity index (χ2n) is 29.1. The topological polar surface area (TPSA) is 194 Å². The lowest BCUT2D eigenvalue weighted by Crippen LogP contribution is -3.05. The number of rotatable bonds is 53. The zero-order valence-corrected chi connectivity index (χ0v) is 73.2. The number of hydrogen-bond donors (Lipinski definition) is 3. The van der Waals surface area contributed by atoms with E-state index < -0.39 is 0 Å². The molecule has 0 saturated heterocycles. The molecule has 19 nitrogen and oxygen atoms in total. The molecule has 0 aromatic heterocycles. The van der Waals surface area contributed by atoms with Gasteiger partial charge in [-0.1, -0.05) is 288 Å². The lowest BCUT2D eigenvalue weighted by molar-refractivity contribution is -0.858. The van der Waals surface area contributed by atoms with E-state index in [1.54, 1.807) is 4.90 Å². The van der Waals surface area contributed by atoms with Gasteiger partial charge in [0, 0.05) is 40.4 Å². The Labute approximate surface area is 645 Å². The molecule has 0 saturated carbocycles. The first-order valence-electron chi connectivity index (χ1n) is 41.1. The third-order valence-corrected chi connectivity index (χ3v) is 17.6. The van der Waals surface area contributed by atoms with Gasteiger partial charge in [-0.2, -0.15) is 0 Å². The molecule has 2 aromatic rings. The lowest BCUT2D eigenvalue weighted by Gasteiger charge is -2.22. The van der Waals surface area contributed by atoms with Crippen molar-refractivity contribution in [2.75, 3.05) is 137 Å². The normalized spacial score (nSPS) is 11.5. The van der Waals surface area contributed by atoms with Gasteiger partial charge in [0.2, 0.25) is 0 Å². The quantitative estimate of drug-likeness (QED) is 0.0141. The number of unbranched alkanes of at least 4 members (excludes halogenated alkanes) is 36. The molecular weight excluding hydrogens is 1300 g/mol. The standard InChI is InChI=1S/C16H36N2.C16H34N2.2C14H31N.C11H18N2.C11H16N2.3CH4O3/c2*1-5-6-7-8-9-10-11-12-13-14-15-17-16(2)18(3)4;2*1-4-5-6-7-8-9-10-11-12-13-14-15(2)3;2*1-9-5-7-11(8-6-9)12-10(2)13(3)4;3*1-3-4-2/h16-17H,5-15H2,1-4H3;5-15H2,1-4H3;2*4-14H2,1-3H3;5-8,10,12H,1-4H3;5-8H,1-4H3;3*2H,1H3/p-2. The van der Waals surface area contributed by atoms with Crippen LogP contribution in [0.25, 0.3) is 0 Å². The van der Waals surface area contributed by atoms with Gasteiger partial charge in [0.25, 0.3) is 0 Å². The summed E-state index contributed by atoms with van der Waals surface area (Å²) in [5.74, 6) is 2.16. The number of aliphatic imine (C=N–C) groups is 2. The van der Waals surface area contributed by atoms with Crippen LogP contribution in [0.3, 0.4) is 0 Å². The Morgan fingerprint density at radius 3 is 0.981 bits per heavy atom. The van der Waals surface area contributed by atoms with Crippen molar-refractivity contribution in [2.45, 2.75) is 338 Å². The highest BCUT2D eigenvalue weighted by Crippen LogP contribution is 2.16. The third kappa shape index (κ3) is 107. The summed E-state index contributed by atoms with van der Waals surface area (Å²) in [5, 5.41) is 41.0. The molecule has 622 valence electrons. The number of benzene rings is 2. The summed E-state index contributed by atoms with van der Waals surface area (Å²) in [6, 6.07) is 16.6. The van der Waals surface area contributed by atoms with Crippen molar-refractivity contribution in [3.05, 3.63) is 59.7 Å². The smallest absolute Gasteiger partial charge is 0.101 e. The van der Waals surface area contributed by atoms with Crippen molar-refractivity contribution in [3.8, 4) is 0 Å². The van der Waals surface area contributed by atoms with Crippen LogP contribution in [0.4, 0.5) is 11.4 Å². The van der Waals surface area contributed by atoms with Crippen LogP contribution in [0.15, 0.2) is 58.5 Å². The molecule has 104 heavy (non-hydrogen) atoms. The first-order chi connectivity index (χ1) is 49.8. The Hall–Kier alpha value is -3.38. The summed E-state index contributed by atoms with van der Waals surface area (Å²) in [6.45, 7) is 26.5. The molecule has 2 atom stereocenters. The van der Waals surface area contributed by atoms with Crippen LogP contribution in [-0.2, 0) is 29.8 Å². The third-order valence-electron chi connectivity index (χ3n) is 17.6. The minimum Gasteiger partial charge on any atom is -0.692 e. The van der Waals surface area contributed by atoms with E-state index >= 15 is 0 Å². The molecule has 3 N–H and O–H groups in total. The number of amidine groups is 2. The molecule has 0 amide bonds. The average molecular weight is 1480 g/mol. The number of anilines is 1. The number of hydrogen-bond acceptors (Lipinski definition) is 16. The van der Waals surface area contributed by atoms with E-state index in [9.17, 15) is 0 Å². The van der Waals surface area contributed by atoms with Crippen molar-refractivity contribution >= 4 is 23.0 Å². The molecule has 0 aliphatic carbocycles. The van der Waals surface area contributed by atoms with Gasteiger partial charge in [-0.05, 0) is 153 Å². The van der Waals surface area contributed by atoms with Gasteiger partial charge in [0.05, 0.1) is 65.8 Å². The van der Waals surface area contributed by atoms with E-state index in [1.165, 1.54) is 287 Å². The summed E-state index contributed by atoms with van der Waals surface area (Å²) in [5.41, 5.74) is 4.74. The van der Waals surface area contributed by atoms with Gasteiger partial charge >= 0.3 is 0 Å². The predicted octanol–water partition coefficient (Wildman–Crippen LogP) is 18.3. The number of nitrogens with zero attached hydrogens (tertiary/aromatic N) is 7. The van der Waals surface area contributed by atoms with Crippen molar-refractivity contribution in [2.24, 2.45) is 9.98 Å². The fourth-order valence-electron chi connectivity index (χ4n) is 9.90. The Morgan fingerprint density at radius 2 is 0.692 bits per heavy atom. The summed E-state index contributed by atoms with van der Waals surface area (Å²) < 4.78 is 0. The monoisotopic (exact) mass is 1480 g/mol. The number of aryl methyl sites for hydroxylation is 2. The van der Waals surface area contributed by atoms with Crippen molar-refractivity contribution in [3.63, 3.8) is 0 Å². The lowest BCUT2D eigenvalue weighted by atomic mass is 10.1. The van der Waals surface area contributed by atoms with E-state index in [-0.39, 0.29) is 0 Å². The first kappa shape index (κ1) is 114. The minimum absolute atomic E-state index is 0.364. The van der Waals surface area contributed by atoms with E-state index in [0.29, 0.717) is 12.3 Å². The molecular formula is C85H176N10O9-2. The fraction of sp³-hybridized carbons (Fsp3) is 0.835. The summed E-state index contributed by atoms with van der Waals surface area (Å²) in [4.78, 5) is 31.7. The van der Waals surface area contributed by atoms with E-state index in [4.69, 9.17) is 15.8 Å². The Kier molecular flexibility index (Phi) is 105. The molecule has 0 spiro atoms. The molecule has 2 rings (SSSR count). The zero-order chi connectivity index (χ0) is 79.9. The van der Waals surface area contributed by atoms with Crippen LogP contribution in [0, 0.1) is 13.8 Å².